The Kier molecular flexibility index (Phi) is 3.44. The Morgan fingerprint density at radius 1 is 1.26 bits per heavy atom. The van der Waals surface area contributed by atoms with Gasteiger partial charge in [-0.2, -0.15) is 5.10 Å². The van der Waals surface area contributed by atoms with Crippen LogP contribution in [0.5, 0.6) is 0 Å². The van der Waals surface area contributed by atoms with E-state index in [1.807, 2.05) is 6.07 Å². The van der Waals surface area contributed by atoms with Crippen molar-refractivity contribution in [2.45, 2.75) is 18.8 Å². The molecule has 1 aliphatic heterocycles. The van der Waals surface area contributed by atoms with E-state index in [0.29, 0.717) is 11.7 Å². The summed E-state index contributed by atoms with van der Waals surface area (Å²) in [5, 5.41) is 7.63. The molecule has 1 aliphatic rings. The number of H-pyrrole nitrogens is 1. The van der Waals surface area contributed by atoms with E-state index in [1.54, 1.807) is 6.07 Å². The summed E-state index contributed by atoms with van der Waals surface area (Å²) >= 11 is 6.41. The van der Waals surface area contributed by atoms with Crippen LogP contribution in [0.3, 0.4) is 0 Å². The number of ether oxygens (including phenoxy) is 1. The second-order valence-corrected chi connectivity index (χ2v) is 5.24. The van der Waals surface area contributed by atoms with Gasteiger partial charge in [-0.3, -0.25) is 5.10 Å². The number of benzene rings is 1. The molecule has 19 heavy (non-hydrogen) atoms. The molecule has 4 nitrogen and oxygen atoms in total. The molecule has 3 N–H and O–H groups in total. The first-order chi connectivity index (χ1) is 9.24. The molecule has 0 atom stereocenters. The van der Waals surface area contributed by atoms with Crippen LogP contribution in [0.4, 0.5) is 5.82 Å². The number of anilines is 1. The molecule has 0 aliphatic carbocycles. The van der Waals surface area contributed by atoms with Gasteiger partial charge in [0.1, 0.15) is 5.82 Å². The number of nitrogens with two attached hydrogens (primary N) is 1. The first-order valence-corrected chi connectivity index (χ1v) is 6.80. The van der Waals surface area contributed by atoms with Gasteiger partial charge in [-0.05, 0) is 30.4 Å². The summed E-state index contributed by atoms with van der Waals surface area (Å²) in [5.74, 6) is 0.988. The van der Waals surface area contributed by atoms with E-state index < -0.39 is 0 Å². The number of halogens is 1. The predicted octanol–water partition coefficient (Wildman–Crippen LogP) is 3.21. The van der Waals surface area contributed by atoms with Gasteiger partial charge in [0, 0.05) is 29.9 Å². The fraction of sp³-hybridized carbons (Fsp3) is 0.357. The Hall–Kier alpha value is -1.52. The first-order valence-electron chi connectivity index (χ1n) is 6.42. The monoisotopic (exact) mass is 277 g/mol. The Bertz CT molecular complexity index is 576. The number of hydrogen-bond donors (Lipinski definition) is 2. The van der Waals surface area contributed by atoms with E-state index >= 15 is 0 Å². The highest BCUT2D eigenvalue weighted by molar-refractivity contribution is 6.31. The molecule has 3 rings (SSSR count). The highest BCUT2D eigenvalue weighted by atomic mass is 35.5. The van der Waals surface area contributed by atoms with E-state index in [2.05, 4.69) is 22.3 Å². The number of aromatic amines is 1. The second-order valence-electron chi connectivity index (χ2n) is 4.83. The van der Waals surface area contributed by atoms with Crippen molar-refractivity contribution in [1.82, 2.24) is 10.2 Å². The molecule has 1 saturated heterocycles. The Labute approximate surface area is 116 Å². The van der Waals surface area contributed by atoms with Crippen molar-refractivity contribution >= 4 is 17.4 Å². The quantitative estimate of drug-likeness (QED) is 0.886. The summed E-state index contributed by atoms with van der Waals surface area (Å²) in [6.07, 6.45) is 2.08. The van der Waals surface area contributed by atoms with Gasteiger partial charge in [0.25, 0.3) is 0 Å². The maximum absolute atomic E-state index is 6.41. The zero-order chi connectivity index (χ0) is 13.2. The smallest absolute Gasteiger partial charge is 0.145 e. The average molecular weight is 278 g/mol. The standard InChI is InChI=1S/C14H16ClN3O/c15-12-7-10(13-8-14(16)18-17-13)1-2-11(12)9-3-5-19-6-4-9/h1-2,7-9H,3-6H2,(H3,16,17,18). The molecule has 1 aromatic carbocycles. The lowest BCUT2D eigenvalue weighted by atomic mass is 9.91. The highest BCUT2D eigenvalue weighted by Crippen LogP contribution is 2.34. The molecule has 1 fully saturated rings. The molecule has 0 unspecified atom stereocenters. The van der Waals surface area contributed by atoms with Crippen molar-refractivity contribution < 1.29 is 4.74 Å². The number of hydrogen-bond acceptors (Lipinski definition) is 3. The molecule has 0 bridgehead atoms. The summed E-state index contributed by atoms with van der Waals surface area (Å²) in [6.45, 7) is 1.64. The minimum Gasteiger partial charge on any atom is -0.382 e. The fourth-order valence-corrected chi connectivity index (χ4v) is 2.85. The summed E-state index contributed by atoms with van der Waals surface area (Å²) in [6, 6.07) is 7.94. The molecular weight excluding hydrogens is 262 g/mol. The second kappa shape index (κ2) is 5.23. The molecule has 1 aromatic heterocycles. The molecular formula is C14H16ClN3O. The summed E-state index contributed by atoms with van der Waals surface area (Å²) in [4.78, 5) is 0. The fourth-order valence-electron chi connectivity index (χ4n) is 2.52. The molecule has 2 aromatic rings. The van der Waals surface area contributed by atoms with E-state index in [9.17, 15) is 0 Å². The normalized spacial score (nSPS) is 16.7. The average Bonchev–Trinajstić information content (AvgIpc) is 2.86. The summed E-state index contributed by atoms with van der Waals surface area (Å²) in [5.41, 5.74) is 8.71. The third kappa shape index (κ3) is 2.60. The van der Waals surface area contributed by atoms with E-state index in [0.717, 1.165) is 42.3 Å². The van der Waals surface area contributed by atoms with Crippen molar-refractivity contribution in [3.8, 4) is 11.3 Å². The third-order valence-corrected chi connectivity index (χ3v) is 3.90. The molecule has 100 valence electrons. The number of nitrogen functional groups attached to an aromatic ring is 1. The topological polar surface area (TPSA) is 63.9 Å². The Morgan fingerprint density at radius 2 is 2.05 bits per heavy atom. The minimum absolute atomic E-state index is 0.486. The molecule has 0 radical (unpaired) electrons. The van der Waals surface area contributed by atoms with Gasteiger partial charge < -0.3 is 10.5 Å². The van der Waals surface area contributed by atoms with Crippen LogP contribution < -0.4 is 5.73 Å². The lowest BCUT2D eigenvalue weighted by molar-refractivity contribution is 0.0853. The zero-order valence-electron chi connectivity index (χ0n) is 10.5. The first kappa shape index (κ1) is 12.5. The van der Waals surface area contributed by atoms with Crippen molar-refractivity contribution in [2.75, 3.05) is 18.9 Å². The van der Waals surface area contributed by atoms with E-state index in [1.165, 1.54) is 5.56 Å². The SMILES string of the molecule is Nc1cc(-c2ccc(C3CCOCC3)c(Cl)c2)[nH]n1. The van der Waals surface area contributed by atoms with Crippen molar-refractivity contribution in [2.24, 2.45) is 0 Å². The van der Waals surface area contributed by atoms with Crippen LogP contribution in [0.25, 0.3) is 11.3 Å². The maximum atomic E-state index is 6.41. The zero-order valence-corrected chi connectivity index (χ0v) is 11.3. The van der Waals surface area contributed by atoms with Crippen LogP contribution in [-0.4, -0.2) is 23.4 Å². The van der Waals surface area contributed by atoms with Crippen LogP contribution in [0.2, 0.25) is 5.02 Å². The minimum atomic E-state index is 0.486. The Balaban J connectivity index is 1.89. The van der Waals surface area contributed by atoms with Crippen LogP contribution in [-0.2, 0) is 4.74 Å². The predicted molar refractivity (Wildman–Crippen MR) is 76.2 cm³/mol. The molecule has 0 amide bonds. The van der Waals surface area contributed by atoms with Gasteiger partial charge in [-0.1, -0.05) is 23.7 Å². The van der Waals surface area contributed by atoms with E-state index in [-0.39, 0.29) is 0 Å². The lowest BCUT2D eigenvalue weighted by Crippen LogP contribution is -2.14. The van der Waals surface area contributed by atoms with Gasteiger partial charge in [0.2, 0.25) is 0 Å². The van der Waals surface area contributed by atoms with Crippen LogP contribution in [0.1, 0.15) is 24.3 Å². The number of rotatable bonds is 2. The third-order valence-electron chi connectivity index (χ3n) is 3.57. The maximum Gasteiger partial charge on any atom is 0.145 e. The summed E-state index contributed by atoms with van der Waals surface area (Å²) in [7, 11) is 0. The Morgan fingerprint density at radius 3 is 2.68 bits per heavy atom. The largest absolute Gasteiger partial charge is 0.382 e. The lowest BCUT2D eigenvalue weighted by Gasteiger charge is -2.23. The number of aromatic nitrogens is 2. The van der Waals surface area contributed by atoms with Crippen LogP contribution >= 0.6 is 11.6 Å². The van der Waals surface area contributed by atoms with Gasteiger partial charge in [0.15, 0.2) is 0 Å². The summed E-state index contributed by atoms with van der Waals surface area (Å²) < 4.78 is 5.39. The number of nitrogens with zero attached hydrogens (tertiary/aromatic N) is 1. The van der Waals surface area contributed by atoms with Crippen molar-refractivity contribution in [1.29, 1.82) is 0 Å². The molecule has 0 saturated carbocycles. The van der Waals surface area contributed by atoms with Gasteiger partial charge in [-0.15, -0.1) is 0 Å². The molecule has 2 heterocycles. The van der Waals surface area contributed by atoms with Crippen molar-refractivity contribution in [3.05, 3.63) is 34.9 Å². The van der Waals surface area contributed by atoms with Gasteiger partial charge >= 0.3 is 0 Å². The van der Waals surface area contributed by atoms with E-state index in [4.69, 9.17) is 22.1 Å². The van der Waals surface area contributed by atoms with Gasteiger partial charge in [-0.25, -0.2) is 0 Å². The van der Waals surface area contributed by atoms with Crippen molar-refractivity contribution in [3.63, 3.8) is 0 Å². The molecule has 0 spiro atoms. The van der Waals surface area contributed by atoms with Crippen LogP contribution in [0.15, 0.2) is 24.3 Å². The molecule has 5 heteroatoms. The highest BCUT2D eigenvalue weighted by Gasteiger charge is 2.18. The van der Waals surface area contributed by atoms with Crippen LogP contribution in [0, 0.1) is 0 Å². The number of nitrogens with one attached hydrogen (secondary N) is 1. The van der Waals surface area contributed by atoms with Gasteiger partial charge in [0.05, 0.1) is 5.69 Å².